The molecular formula is C49H32N2O. The van der Waals surface area contributed by atoms with E-state index < -0.39 is 0 Å². The normalized spacial score (nSPS) is 13.7. The molecule has 2 aliphatic carbocycles. The molecule has 2 aromatic heterocycles. The fourth-order valence-corrected chi connectivity index (χ4v) is 9.61. The van der Waals surface area contributed by atoms with Gasteiger partial charge in [-0.05, 0) is 105 Å². The van der Waals surface area contributed by atoms with Gasteiger partial charge in [-0.1, -0.05) is 105 Å². The van der Waals surface area contributed by atoms with Gasteiger partial charge in [-0.2, -0.15) is 0 Å². The lowest BCUT2D eigenvalue weighted by Crippen LogP contribution is -2.14. The summed E-state index contributed by atoms with van der Waals surface area (Å²) in [4.78, 5) is 2.33. The van der Waals surface area contributed by atoms with Crippen molar-refractivity contribution in [1.29, 1.82) is 0 Å². The van der Waals surface area contributed by atoms with Crippen LogP contribution in [0.2, 0.25) is 0 Å². The maximum absolute atomic E-state index is 6.37. The van der Waals surface area contributed by atoms with E-state index >= 15 is 0 Å². The quantitative estimate of drug-likeness (QED) is 0.187. The van der Waals surface area contributed by atoms with Crippen molar-refractivity contribution in [3.8, 4) is 27.9 Å². The minimum absolute atomic E-state index is 0.0639. The van der Waals surface area contributed by atoms with Gasteiger partial charge in [0.15, 0.2) is 0 Å². The number of nitrogens with zero attached hydrogens (tertiary/aromatic N) is 2. The molecule has 2 aliphatic rings. The lowest BCUT2D eigenvalue weighted by molar-refractivity contribution is 0.661. The van der Waals surface area contributed by atoms with Gasteiger partial charge in [0.1, 0.15) is 11.2 Å². The van der Waals surface area contributed by atoms with E-state index in [1.165, 1.54) is 66.0 Å². The highest BCUT2D eigenvalue weighted by Gasteiger charge is 2.40. The zero-order valence-corrected chi connectivity index (χ0v) is 28.8. The third-order valence-electron chi connectivity index (χ3n) is 11.9. The van der Waals surface area contributed by atoms with Crippen molar-refractivity contribution >= 4 is 71.6 Å². The van der Waals surface area contributed by atoms with Gasteiger partial charge in [-0.3, -0.25) is 0 Å². The minimum Gasteiger partial charge on any atom is -0.456 e. The van der Waals surface area contributed by atoms with Crippen molar-refractivity contribution in [3.63, 3.8) is 0 Å². The van der Waals surface area contributed by atoms with Gasteiger partial charge in [0.25, 0.3) is 0 Å². The summed E-state index contributed by atoms with van der Waals surface area (Å²) in [6, 6.07) is 57.7. The van der Waals surface area contributed by atoms with Crippen LogP contribution in [0, 0.1) is 0 Å². The Bertz CT molecular complexity index is 3160. The van der Waals surface area contributed by atoms with Crippen LogP contribution in [0.1, 0.15) is 25.0 Å². The smallest absolute Gasteiger partial charge is 0.137 e. The molecule has 0 spiro atoms. The summed E-state index contributed by atoms with van der Waals surface area (Å²) >= 11 is 0. The molecule has 0 N–H and O–H groups in total. The molecule has 0 saturated carbocycles. The van der Waals surface area contributed by atoms with Crippen molar-refractivity contribution in [2.24, 2.45) is 0 Å². The van der Waals surface area contributed by atoms with Crippen LogP contribution in [0.3, 0.4) is 0 Å². The molecular weight excluding hydrogens is 633 g/mol. The average molecular weight is 665 g/mol. The number of rotatable bonds is 4. The van der Waals surface area contributed by atoms with Gasteiger partial charge < -0.3 is 13.9 Å². The number of fused-ring (bicyclic) bond motifs is 4. The Morgan fingerprint density at radius 1 is 0.481 bits per heavy atom. The first-order chi connectivity index (χ1) is 25.6. The summed E-state index contributed by atoms with van der Waals surface area (Å²) in [5, 5.41) is 7.61. The molecule has 0 unspecified atom stereocenters. The van der Waals surface area contributed by atoms with Crippen molar-refractivity contribution in [2.75, 3.05) is 4.90 Å². The largest absolute Gasteiger partial charge is 0.456 e. The predicted octanol–water partition coefficient (Wildman–Crippen LogP) is 13.6. The number of para-hydroxylation sites is 2. The Morgan fingerprint density at radius 3 is 2.12 bits per heavy atom. The number of aromatic nitrogens is 1. The molecule has 0 aliphatic heterocycles. The van der Waals surface area contributed by atoms with Crippen molar-refractivity contribution in [3.05, 3.63) is 169 Å². The van der Waals surface area contributed by atoms with Crippen LogP contribution >= 0.6 is 0 Å². The molecule has 0 fully saturated rings. The number of anilines is 3. The summed E-state index contributed by atoms with van der Waals surface area (Å²) in [5.41, 5.74) is 16.8. The van der Waals surface area contributed by atoms with Gasteiger partial charge >= 0.3 is 0 Å². The maximum Gasteiger partial charge on any atom is 0.137 e. The van der Waals surface area contributed by atoms with Crippen molar-refractivity contribution in [2.45, 2.75) is 19.3 Å². The fourth-order valence-electron chi connectivity index (χ4n) is 9.61. The average Bonchev–Trinajstić information content (AvgIpc) is 3.77. The first-order valence-electron chi connectivity index (χ1n) is 18.1. The summed E-state index contributed by atoms with van der Waals surface area (Å²) in [6.07, 6.45) is 0. The zero-order valence-electron chi connectivity index (χ0n) is 28.8. The topological polar surface area (TPSA) is 21.3 Å². The number of furan rings is 1. The van der Waals surface area contributed by atoms with E-state index in [9.17, 15) is 0 Å². The molecule has 244 valence electrons. The molecule has 0 amide bonds. The second kappa shape index (κ2) is 9.80. The third-order valence-corrected chi connectivity index (χ3v) is 11.9. The van der Waals surface area contributed by atoms with Gasteiger partial charge in [0, 0.05) is 55.8 Å². The molecule has 12 rings (SSSR count). The highest BCUT2D eigenvalue weighted by Crippen LogP contribution is 2.59. The van der Waals surface area contributed by atoms with Crippen molar-refractivity contribution < 1.29 is 4.42 Å². The Labute approximate surface area is 300 Å². The summed E-state index contributed by atoms with van der Waals surface area (Å²) in [6.45, 7) is 4.77. The van der Waals surface area contributed by atoms with E-state index in [-0.39, 0.29) is 5.41 Å². The Balaban J connectivity index is 1.13. The lowest BCUT2D eigenvalue weighted by atomic mass is 9.81. The summed E-state index contributed by atoms with van der Waals surface area (Å²) in [7, 11) is 0. The van der Waals surface area contributed by atoms with E-state index in [1.807, 2.05) is 12.1 Å². The Kier molecular flexibility index (Phi) is 5.31. The maximum atomic E-state index is 6.37. The van der Waals surface area contributed by atoms with Gasteiger partial charge in [0.2, 0.25) is 0 Å². The number of benzene rings is 8. The SMILES string of the molecule is CC1(C)c2cccc3c2-c2c1ccc1ccc4c(c21)c1c-3cccc1n4-c1cccc(N(c2ccccc2)c2ccc3c(c2)oc2ccccc23)c1. The van der Waals surface area contributed by atoms with Crippen LogP contribution in [-0.4, -0.2) is 4.57 Å². The third kappa shape index (κ3) is 3.50. The molecule has 0 saturated heterocycles. The summed E-state index contributed by atoms with van der Waals surface area (Å²) in [5.74, 6) is 0. The molecule has 3 nitrogen and oxygen atoms in total. The summed E-state index contributed by atoms with van der Waals surface area (Å²) < 4.78 is 8.86. The molecule has 3 heteroatoms. The van der Waals surface area contributed by atoms with Crippen LogP contribution in [0.4, 0.5) is 17.1 Å². The minimum atomic E-state index is -0.0639. The second-order valence-corrected chi connectivity index (χ2v) is 14.9. The van der Waals surface area contributed by atoms with E-state index in [1.54, 1.807) is 0 Å². The van der Waals surface area contributed by atoms with Crippen LogP contribution in [0.15, 0.2) is 162 Å². The van der Waals surface area contributed by atoms with E-state index in [0.717, 1.165) is 44.7 Å². The predicted molar refractivity (Wildman–Crippen MR) is 217 cm³/mol. The number of hydrogen-bond donors (Lipinski definition) is 0. The van der Waals surface area contributed by atoms with Crippen LogP contribution in [0.25, 0.3) is 82.5 Å². The fraction of sp³-hybridized carbons (Fsp3) is 0.0612. The molecule has 0 bridgehead atoms. The van der Waals surface area contributed by atoms with Gasteiger partial charge in [-0.25, -0.2) is 0 Å². The molecule has 0 radical (unpaired) electrons. The first-order valence-corrected chi connectivity index (χ1v) is 18.1. The number of hydrogen-bond acceptors (Lipinski definition) is 2. The lowest BCUT2D eigenvalue weighted by Gasteiger charge is -2.26. The highest BCUT2D eigenvalue weighted by molar-refractivity contribution is 6.31. The molecule has 52 heavy (non-hydrogen) atoms. The van der Waals surface area contributed by atoms with Gasteiger partial charge in [0.05, 0.1) is 11.0 Å². The zero-order chi connectivity index (χ0) is 34.3. The highest BCUT2D eigenvalue weighted by atomic mass is 16.3. The monoisotopic (exact) mass is 664 g/mol. The van der Waals surface area contributed by atoms with Crippen LogP contribution in [-0.2, 0) is 5.41 Å². The Morgan fingerprint density at radius 2 is 1.19 bits per heavy atom. The molecule has 8 aromatic carbocycles. The standard InChI is InChI=1S/C49H32N2O/c1-49(2)38-18-9-16-36-37-17-10-19-40-46(37)48-41(26-22-29-21-25-39(49)47(44(29)48)45(36)38)51(40)32-14-8-13-31(27-32)50(30-11-4-3-5-12-30)33-23-24-35-34-15-6-7-20-42(34)52-43(35)28-33/h3-28H,1-2H3. The van der Waals surface area contributed by atoms with Crippen LogP contribution < -0.4 is 4.90 Å². The van der Waals surface area contributed by atoms with E-state index in [2.05, 4.69) is 169 Å². The first kappa shape index (κ1) is 28.2. The second-order valence-electron chi connectivity index (χ2n) is 14.9. The molecule has 10 aromatic rings. The van der Waals surface area contributed by atoms with E-state index in [4.69, 9.17) is 4.42 Å². The van der Waals surface area contributed by atoms with Crippen LogP contribution in [0.5, 0.6) is 0 Å². The Hall–Kier alpha value is -6.58. The van der Waals surface area contributed by atoms with Gasteiger partial charge in [-0.15, -0.1) is 0 Å². The van der Waals surface area contributed by atoms with E-state index in [0.29, 0.717) is 0 Å². The molecule has 2 heterocycles. The molecule has 0 atom stereocenters. The van der Waals surface area contributed by atoms with Crippen molar-refractivity contribution in [1.82, 2.24) is 4.57 Å².